The van der Waals surface area contributed by atoms with E-state index in [0.717, 1.165) is 16.7 Å². The normalized spacial score (nSPS) is 9.19. The highest BCUT2D eigenvalue weighted by atomic mass is 19.1. The van der Waals surface area contributed by atoms with Crippen LogP contribution in [0.5, 0.6) is 0 Å². The molecular formula is C21H23FN2O3. The lowest BCUT2D eigenvalue weighted by molar-refractivity contribution is -0.125. The number of hydrogen-bond acceptors (Lipinski definition) is 3. The highest BCUT2D eigenvalue weighted by molar-refractivity contribution is 5.83. The molecule has 0 saturated carbocycles. The molecule has 27 heavy (non-hydrogen) atoms. The number of rotatable bonds is 4. The van der Waals surface area contributed by atoms with Gasteiger partial charge in [0.1, 0.15) is 5.82 Å². The minimum atomic E-state index is -0.287. The van der Waals surface area contributed by atoms with Crippen molar-refractivity contribution < 1.29 is 18.7 Å². The van der Waals surface area contributed by atoms with E-state index in [2.05, 4.69) is 27.2 Å². The van der Waals surface area contributed by atoms with E-state index in [4.69, 9.17) is 0 Å². The van der Waals surface area contributed by atoms with Crippen molar-refractivity contribution in [2.24, 2.45) is 0 Å². The highest BCUT2D eigenvalue weighted by Gasteiger charge is 2.01. The van der Waals surface area contributed by atoms with Crippen LogP contribution in [0.15, 0.2) is 48.5 Å². The van der Waals surface area contributed by atoms with Gasteiger partial charge in [0.15, 0.2) is 0 Å². The van der Waals surface area contributed by atoms with E-state index in [-0.39, 0.29) is 24.2 Å². The second kappa shape index (κ2) is 12.2. The fourth-order valence-corrected chi connectivity index (χ4v) is 1.85. The number of halogens is 1. The van der Waals surface area contributed by atoms with Gasteiger partial charge in [-0.3, -0.25) is 9.59 Å². The first kappa shape index (κ1) is 21.9. The Labute approximate surface area is 158 Å². The van der Waals surface area contributed by atoms with E-state index in [1.165, 1.54) is 19.1 Å². The van der Waals surface area contributed by atoms with Gasteiger partial charge in [0.05, 0.1) is 6.54 Å². The van der Waals surface area contributed by atoms with Crippen LogP contribution >= 0.6 is 0 Å². The number of carbonyl (C=O) groups excluding carboxylic acids is 2. The van der Waals surface area contributed by atoms with Gasteiger partial charge in [-0.25, -0.2) is 4.39 Å². The van der Waals surface area contributed by atoms with Gasteiger partial charge in [-0.1, -0.05) is 24.0 Å². The molecule has 0 aliphatic carbocycles. The number of amides is 2. The van der Waals surface area contributed by atoms with Crippen molar-refractivity contribution in [1.82, 2.24) is 10.6 Å². The Morgan fingerprint density at radius 3 is 1.89 bits per heavy atom. The molecule has 142 valence electrons. The summed E-state index contributed by atoms with van der Waals surface area (Å²) in [4.78, 5) is 22.2. The average Bonchev–Trinajstić information content (AvgIpc) is 2.66. The van der Waals surface area contributed by atoms with Crippen LogP contribution in [0.3, 0.4) is 0 Å². The molecule has 0 saturated heterocycles. The number of hydrogen-bond donors (Lipinski definition) is 2. The van der Waals surface area contributed by atoms with Crippen molar-refractivity contribution in [3.8, 4) is 11.8 Å². The van der Waals surface area contributed by atoms with Gasteiger partial charge in [0.2, 0.25) is 11.8 Å². The van der Waals surface area contributed by atoms with Gasteiger partial charge in [0, 0.05) is 38.8 Å². The summed E-state index contributed by atoms with van der Waals surface area (Å²) in [5.41, 5.74) is 2.50. The molecule has 2 amide bonds. The zero-order valence-corrected chi connectivity index (χ0v) is 15.6. The monoisotopic (exact) mass is 370 g/mol. The van der Waals surface area contributed by atoms with Crippen LogP contribution in [0.4, 0.5) is 4.39 Å². The van der Waals surface area contributed by atoms with Crippen molar-refractivity contribution >= 4 is 11.8 Å². The number of nitrogens with one attached hydrogen (secondary N) is 2. The van der Waals surface area contributed by atoms with Gasteiger partial charge in [-0.05, 0) is 42.0 Å². The van der Waals surface area contributed by atoms with Gasteiger partial charge >= 0.3 is 0 Å². The lowest BCUT2D eigenvalue weighted by Gasteiger charge is -2.05. The first-order valence-corrected chi connectivity index (χ1v) is 8.22. The summed E-state index contributed by atoms with van der Waals surface area (Å²) in [6, 6.07) is 13.4. The minimum Gasteiger partial charge on any atom is -0.388 e. The first-order valence-electron chi connectivity index (χ1n) is 8.22. The number of ether oxygens (including phenoxy) is 1. The number of carbonyl (C=O) groups is 2. The zero-order valence-electron chi connectivity index (χ0n) is 15.6. The van der Waals surface area contributed by atoms with E-state index in [1.54, 1.807) is 26.4 Å². The third-order valence-electron chi connectivity index (χ3n) is 3.14. The molecule has 0 unspecified atom stereocenters. The van der Waals surface area contributed by atoms with E-state index in [0.29, 0.717) is 6.54 Å². The maximum atomic E-state index is 12.8. The van der Waals surface area contributed by atoms with Crippen LogP contribution in [0, 0.1) is 17.7 Å². The van der Waals surface area contributed by atoms with Crippen LogP contribution < -0.4 is 10.6 Å². The minimum absolute atomic E-state index is 0.0312. The summed E-state index contributed by atoms with van der Waals surface area (Å²) < 4.78 is 17.1. The third-order valence-corrected chi connectivity index (χ3v) is 3.14. The molecular weight excluding hydrogens is 347 g/mol. The summed E-state index contributed by atoms with van der Waals surface area (Å²) in [7, 11) is 3.25. The molecule has 5 nitrogen and oxygen atoms in total. The fourth-order valence-electron chi connectivity index (χ4n) is 1.85. The van der Waals surface area contributed by atoms with Crippen molar-refractivity contribution in [2.45, 2.75) is 13.5 Å². The van der Waals surface area contributed by atoms with E-state index in [9.17, 15) is 14.0 Å². The molecule has 0 heterocycles. The summed E-state index contributed by atoms with van der Waals surface area (Å²) in [6.45, 7) is 1.71. The zero-order chi connectivity index (χ0) is 20.1. The van der Waals surface area contributed by atoms with Gasteiger partial charge in [0.25, 0.3) is 0 Å². The number of methoxy groups -OCH3 is 1. The van der Waals surface area contributed by atoms with Crippen molar-refractivity contribution in [2.75, 3.05) is 20.8 Å². The molecule has 0 bridgehead atoms. The highest BCUT2D eigenvalue weighted by Crippen LogP contribution is 2.05. The molecule has 0 atom stereocenters. The summed E-state index contributed by atoms with van der Waals surface area (Å²) in [6.07, 6.45) is 0. The fraction of sp³-hybridized carbons (Fsp3) is 0.238. The standard InChI is InChI=1S/C19H17FN2O2.C2H6O/c1-14(23)21-13-19(24)22-12-17-6-4-15(5-7-17)2-3-16-8-10-18(20)11-9-16;1-3-2/h4-11H,12-13H2,1H3,(H,21,23)(H,22,24);1-2H3. The third kappa shape index (κ3) is 9.78. The summed E-state index contributed by atoms with van der Waals surface area (Å²) >= 11 is 0. The SMILES string of the molecule is CC(=O)NCC(=O)NCc1ccc(C#Cc2ccc(F)cc2)cc1.COC. The Kier molecular flexibility index (Phi) is 9.90. The van der Waals surface area contributed by atoms with Gasteiger partial charge in [-0.2, -0.15) is 0 Å². The van der Waals surface area contributed by atoms with Gasteiger partial charge < -0.3 is 15.4 Å². The topological polar surface area (TPSA) is 67.4 Å². The summed E-state index contributed by atoms with van der Waals surface area (Å²) in [5, 5.41) is 5.15. The maximum absolute atomic E-state index is 12.8. The Hall–Kier alpha value is -3.17. The van der Waals surface area contributed by atoms with Crippen LogP contribution in [-0.2, 0) is 20.9 Å². The van der Waals surface area contributed by atoms with Crippen LogP contribution in [0.2, 0.25) is 0 Å². The quantitative estimate of drug-likeness (QED) is 0.811. The van der Waals surface area contributed by atoms with E-state index < -0.39 is 0 Å². The molecule has 0 spiro atoms. The molecule has 6 heteroatoms. The average molecular weight is 370 g/mol. The molecule has 0 aromatic heterocycles. The number of benzene rings is 2. The van der Waals surface area contributed by atoms with Gasteiger partial charge in [-0.15, -0.1) is 0 Å². The molecule has 2 aromatic rings. The molecule has 0 radical (unpaired) electrons. The Morgan fingerprint density at radius 1 is 0.926 bits per heavy atom. The molecule has 0 fully saturated rings. The first-order chi connectivity index (χ1) is 12.9. The van der Waals surface area contributed by atoms with Crippen molar-refractivity contribution in [3.63, 3.8) is 0 Å². The predicted molar refractivity (Wildman–Crippen MR) is 102 cm³/mol. The van der Waals surface area contributed by atoms with Crippen molar-refractivity contribution in [1.29, 1.82) is 0 Å². The lowest BCUT2D eigenvalue weighted by Crippen LogP contribution is -2.35. The second-order valence-electron chi connectivity index (χ2n) is 5.55. The lowest BCUT2D eigenvalue weighted by atomic mass is 10.1. The molecule has 2 aromatic carbocycles. The summed E-state index contributed by atoms with van der Waals surface area (Å²) in [5.74, 6) is 5.18. The smallest absolute Gasteiger partial charge is 0.239 e. The maximum Gasteiger partial charge on any atom is 0.239 e. The molecule has 2 N–H and O–H groups in total. The van der Waals surface area contributed by atoms with Crippen molar-refractivity contribution in [3.05, 3.63) is 71.0 Å². The Morgan fingerprint density at radius 2 is 1.41 bits per heavy atom. The molecule has 2 rings (SSSR count). The predicted octanol–water partition coefficient (Wildman–Crippen LogP) is 2.24. The molecule has 0 aliphatic rings. The van der Waals surface area contributed by atoms with E-state index >= 15 is 0 Å². The van der Waals surface area contributed by atoms with Crippen LogP contribution in [0.1, 0.15) is 23.6 Å². The Balaban J connectivity index is 0.00000114. The van der Waals surface area contributed by atoms with Crippen LogP contribution in [-0.4, -0.2) is 32.6 Å². The second-order valence-corrected chi connectivity index (χ2v) is 5.55. The molecule has 0 aliphatic heterocycles. The largest absolute Gasteiger partial charge is 0.388 e. The van der Waals surface area contributed by atoms with E-state index in [1.807, 2.05) is 24.3 Å². The van der Waals surface area contributed by atoms with Crippen LogP contribution in [0.25, 0.3) is 0 Å². The Bertz CT molecular complexity index is 791.